The summed E-state index contributed by atoms with van der Waals surface area (Å²) in [6.07, 6.45) is 2.30. The van der Waals surface area contributed by atoms with Crippen molar-refractivity contribution in [3.05, 3.63) is 17.7 Å². The monoisotopic (exact) mass is 394 g/mol. The molecule has 160 valence electrons. The Balaban J connectivity index is 2.66. The van der Waals surface area contributed by atoms with Gasteiger partial charge in [0, 0.05) is 13.1 Å². The summed E-state index contributed by atoms with van der Waals surface area (Å²) in [6.45, 7) is 12.1. The maximum Gasteiger partial charge on any atom is 0.203 e. The maximum atomic E-state index is 5.41. The summed E-state index contributed by atoms with van der Waals surface area (Å²) < 4.78 is 16.2. The van der Waals surface area contributed by atoms with Crippen molar-refractivity contribution in [1.82, 2.24) is 15.5 Å². The Bertz CT molecular complexity index is 564. The fourth-order valence-corrected chi connectivity index (χ4v) is 2.95. The summed E-state index contributed by atoms with van der Waals surface area (Å²) >= 11 is 0. The van der Waals surface area contributed by atoms with Crippen LogP contribution in [0.1, 0.15) is 39.2 Å². The number of unbranched alkanes of at least 4 members (excludes halogenated alkanes) is 1. The lowest BCUT2D eigenvalue weighted by molar-refractivity contribution is 0.297. The van der Waals surface area contributed by atoms with Gasteiger partial charge in [-0.25, -0.2) is 4.99 Å². The number of aliphatic imine (C=N–C) groups is 1. The van der Waals surface area contributed by atoms with Gasteiger partial charge in [-0.2, -0.15) is 0 Å². The molecule has 0 aliphatic rings. The van der Waals surface area contributed by atoms with Crippen LogP contribution in [0.15, 0.2) is 17.1 Å². The Morgan fingerprint density at radius 1 is 0.929 bits per heavy atom. The van der Waals surface area contributed by atoms with E-state index in [1.165, 1.54) is 6.42 Å². The van der Waals surface area contributed by atoms with Gasteiger partial charge in [-0.3, -0.25) is 0 Å². The molecule has 0 spiro atoms. The first-order chi connectivity index (χ1) is 13.6. The highest BCUT2D eigenvalue weighted by Crippen LogP contribution is 2.38. The average Bonchev–Trinajstić information content (AvgIpc) is 2.73. The summed E-state index contributed by atoms with van der Waals surface area (Å²) in [7, 11) is 4.84. The molecule has 0 aromatic heterocycles. The van der Waals surface area contributed by atoms with Crippen molar-refractivity contribution in [2.24, 2.45) is 4.99 Å². The predicted octanol–water partition coefficient (Wildman–Crippen LogP) is 2.89. The number of nitrogens with zero attached hydrogens (tertiary/aromatic N) is 2. The second-order valence-electron chi connectivity index (χ2n) is 6.39. The molecular formula is C21H38N4O3. The van der Waals surface area contributed by atoms with E-state index in [0.29, 0.717) is 23.8 Å². The lowest BCUT2D eigenvalue weighted by Crippen LogP contribution is -2.38. The molecule has 0 amide bonds. The fourth-order valence-electron chi connectivity index (χ4n) is 2.95. The van der Waals surface area contributed by atoms with Crippen molar-refractivity contribution in [2.75, 3.05) is 54.1 Å². The molecule has 7 heteroatoms. The van der Waals surface area contributed by atoms with Crippen LogP contribution in [0.3, 0.4) is 0 Å². The summed E-state index contributed by atoms with van der Waals surface area (Å²) in [5.74, 6) is 2.69. The minimum atomic E-state index is 0.519. The predicted molar refractivity (Wildman–Crippen MR) is 116 cm³/mol. The van der Waals surface area contributed by atoms with Gasteiger partial charge in [-0.05, 0) is 57.1 Å². The lowest BCUT2D eigenvalue weighted by Gasteiger charge is -2.18. The van der Waals surface area contributed by atoms with Gasteiger partial charge in [-0.1, -0.05) is 13.8 Å². The third-order valence-electron chi connectivity index (χ3n) is 4.58. The molecule has 0 radical (unpaired) electrons. The van der Waals surface area contributed by atoms with E-state index in [1.807, 2.05) is 12.1 Å². The van der Waals surface area contributed by atoms with Crippen LogP contribution in [0.2, 0.25) is 0 Å². The van der Waals surface area contributed by atoms with E-state index in [2.05, 4.69) is 41.3 Å². The molecule has 0 atom stereocenters. The summed E-state index contributed by atoms with van der Waals surface area (Å²) in [5, 5.41) is 6.71. The fraction of sp³-hybridized carbons (Fsp3) is 0.667. The van der Waals surface area contributed by atoms with Gasteiger partial charge in [0.25, 0.3) is 0 Å². The molecule has 7 nitrogen and oxygen atoms in total. The van der Waals surface area contributed by atoms with Gasteiger partial charge in [0.1, 0.15) is 0 Å². The van der Waals surface area contributed by atoms with E-state index in [1.54, 1.807) is 21.3 Å². The van der Waals surface area contributed by atoms with Crippen LogP contribution in [0.4, 0.5) is 0 Å². The van der Waals surface area contributed by atoms with E-state index in [0.717, 1.165) is 50.7 Å². The van der Waals surface area contributed by atoms with Gasteiger partial charge in [-0.15, -0.1) is 0 Å². The number of benzene rings is 1. The molecule has 0 heterocycles. The van der Waals surface area contributed by atoms with Crippen molar-refractivity contribution in [2.45, 2.75) is 40.2 Å². The van der Waals surface area contributed by atoms with Gasteiger partial charge in [0.15, 0.2) is 17.5 Å². The normalized spacial score (nSPS) is 11.5. The van der Waals surface area contributed by atoms with Crippen LogP contribution in [0.5, 0.6) is 17.2 Å². The second kappa shape index (κ2) is 13.9. The second-order valence-corrected chi connectivity index (χ2v) is 6.39. The number of nitrogens with one attached hydrogen (secondary N) is 2. The number of ether oxygens (including phenoxy) is 3. The van der Waals surface area contributed by atoms with Crippen molar-refractivity contribution in [3.63, 3.8) is 0 Å². The van der Waals surface area contributed by atoms with Crippen LogP contribution in [0.25, 0.3) is 0 Å². The van der Waals surface area contributed by atoms with Crippen LogP contribution < -0.4 is 24.8 Å². The van der Waals surface area contributed by atoms with Gasteiger partial charge in [0.2, 0.25) is 5.75 Å². The van der Waals surface area contributed by atoms with E-state index in [4.69, 9.17) is 14.2 Å². The molecule has 0 aliphatic heterocycles. The Labute approximate surface area is 170 Å². The molecule has 1 aromatic carbocycles. The molecular weight excluding hydrogens is 356 g/mol. The third-order valence-corrected chi connectivity index (χ3v) is 4.58. The minimum absolute atomic E-state index is 0.519. The molecule has 0 unspecified atom stereocenters. The molecule has 0 fully saturated rings. The molecule has 0 aliphatic carbocycles. The standard InChI is InChI=1S/C21H38N4O3/c1-7-22-21(23-12-10-11-13-25(8-2)9-3)24-16-17-14-18(26-4)20(28-6)19(15-17)27-5/h14-15H,7-13,16H2,1-6H3,(H2,22,23,24). The number of rotatable bonds is 13. The highest BCUT2D eigenvalue weighted by atomic mass is 16.5. The first-order valence-corrected chi connectivity index (χ1v) is 10.2. The number of guanidine groups is 1. The first kappa shape index (κ1) is 23.9. The van der Waals surface area contributed by atoms with Crippen molar-refractivity contribution in [1.29, 1.82) is 0 Å². The van der Waals surface area contributed by atoms with Crippen molar-refractivity contribution in [3.8, 4) is 17.2 Å². The number of hydrogen-bond donors (Lipinski definition) is 2. The number of methoxy groups -OCH3 is 3. The van der Waals surface area contributed by atoms with Gasteiger partial charge >= 0.3 is 0 Å². The molecule has 0 bridgehead atoms. The number of hydrogen-bond acceptors (Lipinski definition) is 5. The van der Waals surface area contributed by atoms with Crippen LogP contribution in [0, 0.1) is 0 Å². The minimum Gasteiger partial charge on any atom is -0.493 e. The van der Waals surface area contributed by atoms with Crippen molar-refractivity contribution < 1.29 is 14.2 Å². The van der Waals surface area contributed by atoms with Gasteiger partial charge < -0.3 is 29.7 Å². The smallest absolute Gasteiger partial charge is 0.203 e. The van der Waals surface area contributed by atoms with Gasteiger partial charge in [0.05, 0.1) is 27.9 Å². The lowest BCUT2D eigenvalue weighted by atomic mass is 10.2. The first-order valence-electron chi connectivity index (χ1n) is 10.2. The zero-order chi connectivity index (χ0) is 20.8. The third kappa shape index (κ3) is 7.84. The zero-order valence-electron chi connectivity index (χ0n) is 18.4. The van der Waals surface area contributed by atoms with Crippen LogP contribution >= 0.6 is 0 Å². The highest BCUT2D eigenvalue weighted by molar-refractivity contribution is 5.79. The average molecular weight is 395 g/mol. The Kier molecular flexibility index (Phi) is 11.9. The van der Waals surface area contributed by atoms with E-state index >= 15 is 0 Å². The Hall–Kier alpha value is -2.15. The van der Waals surface area contributed by atoms with E-state index in [-0.39, 0.29) is 0 Å². The van der Waals surface area contributed by atoms with Crippen LogP contribution in [-0.2, 0) is 6.54 Å². The molecule has 2 N–H and O–H groups in total. The SMILES string of the molecule is CCNC(=NCc1cc(OC)c(OC)c(OC)c1)NCCCCN(CC)CC. The topological polar surface area (TPSA) is 67.4 Å². The molecule has 28 heavy (non-hydrogen) atoms. The van der Waals surface area contributed by atoms with E-state index < -0.39 is 0 Å². The van der Waals surface area contributed by atoms with Crippen LogP contribution in [-0.4, -0.2) is 64.9 Å². The maximum absolute atomic E-state index is 5.41. The zero-order valence-corrected chi connectivity index (χ0v) is 18.4. The molecule has 0 saturated heterocycles. The summed E-state index contributed by atoms with van der Waals surface area (Å²) in [5.41, 5.74) is 0.994. The van der Waals surface area contributed by atoms with Crippen molar-refractivity contribution >= 4 is 5.96 Å². The molecule has 1 rings (SSSR count). The van der Waals surface area contributed by atoms with E-state index in [9.17, 15) is 0 Å². The molecule has 0 saturated carbocycles. The summed E-state index contributed by atoms with van der Waals surface area (Å²) in [4.78, 5) is 7.14. The largest absolute Gasteiger partial charge is 0.493 e. The Morgan fingerprint density at radius 2 is 1.57 bits per heavy atom. The highest BCUT2D eigenvalue weighted by Gasteiger charge is 2.13. The Morgan fingerprint density at radius 3 is 2.07 bits per heavy atom. The quantitative estimate of drug-likeness (QED) is 0.305. The summed E-state index contributed by atoms with van der Waals surface area (Å²) in [6, 6.07) is 3.86. The molecule has 1 aromatic rings.